The van der Waals surface area contributed by atoms with E-state index >= 15 is 0 Å². The standard InChI is InChI=1S/C26H32Cl4N2O4/c1-17(35-23-11-9-19(27)15-21(23)29)25(33)31-13-7-5-3-4-6-8-14-32-26(34)18(2)36-24-12-10-20(28)16-22(24)30/h9-12,15-18H,3-8,13-14H2,1-2H3,(H,31,33)(H,32,34). The van der Waals surface area contributed by atoms with Crippen LogP contribution >= 0.6 is 46.4 Å². The molecule has 10 heteroatoms. The lowest BCUT2D eigenvalue weighted by atomic mass is 10.1. The second kappa shape index (κ2) is 16.1. The molecule has 0 saturated carbocycles. The smallest absolute Gasteiger partial charge is 0.260 e. The number of hydrogen-bond donors (Lipinski definition) is 2. The van der Waals surface area contributed by atoms with Gasteiger partial charge in [0, 0.05) is 23.1 Å². The van der Waals surface area contributed by atoms with Crippen molar-refractivity contribution >= 4 is 58.2 Å². The zero-order chi connectivity index (χ0) is 26.5. The van der Waals surface area contributed by atoms with Gasteiger partial charge in [-0.15, -0.1) is 0 Å². The lowest BCUT2D eigenvalue weighted by Crippen LogP contribution is -2.36. The Morgan fingerprint density at radius 3 is 1.39 bits per heavy atom. The minimum atomic E-state index is -0.657. The van der Waals surface area contributed by atoms with Crippen molar-refractivity contribution in [1.29, 1.82) is 0 Å². The Labute approximate surface area is 232 Å². The van der Waals surface area contributed by atoms with Gasteiger partial charge in [-0.25, -0.2) is 0 Å². The van der Waals surface area contributed by atoms with Crippen molar-refractivity contribution in [3.8, 4) is 11.5 Å². The number of nitrogens with one attached hydrogen (secondary N) is 2. The van der Waals surface area contributed by atoms with Crippen molar-refractivity contribution in [3.05, 3.63) is 56.5 Å². The number of amides is 2. The van der Waals surface area contributed by atoms with Crippen LogP contribution in [-0.4, -0.2) is 37.1 Å². The highest BCUT2D eigenvalue weighted by Crippen LogP contribution is 2.29. The molecule has 2 unspecified atom stereocenters. The SMILES string of the molecule is CC(Oc1ccc(Cl)cc1Cl)C(=O)NCCCCCCCCNC(=O)C(C)Oc1ccc(Cl)cc1Cl. The first-order valence-corrected chi connectivity index (χ1v) is 13.5. The highest BCUT2D eigenvalue weighted by Gasteiger charge is 2.17. The molecule has 0 heterocycles. The second-order valence-electron chi connectivity index (χ2n) is 8.37. The van der Waals surface area contributed by atoms with Crippen molar-refractivity contribution < 1.29 is 19.1 Å². The second-order valence-corrected chi connectivity index (χ2v) is 10.1. The van der Waals surface area contributed by atoms with Crippen LogP contribution in [0.15, 0.2) is 36.4 Å². The molecule has 36 heavy (non-hydrogen) atoms. The van der Waals surface area contributed by atoms with Gasteiger partial charge in [-0.3, -0.25) is 9.59 Å². The molecule has 0 aromatic heterocycles. The minimum Gasteiger partial charge on any atom is -0.479 e. The Hall–Kier alpha value is -1.86. The first-order valence-electron chi connectivity index (χ1n) is 12.0. The van der Waals surface area contributed by atoms with E-state index in [0.29, 0.717) is 44.7 Å². The zero-order valence-corrected chi connectivity index (χ0v) is 23.4. The van der Waals surface area contributed by atoms with Crippen LogP contribution in [0.5, 0.6) is 11.5 Å². The molecule has 0 bridgehead atoms. The topological polar surface area (TPSA) is 76.7 Å². The summed E-state index contributed by atoms with van der Waals surface area (Å²) >= 11 is 23.9. The van der Waals surface area contributed by atoms with E-state index in [9.17, 15) is 9.59 Å². The summed E-state index contributed by atoms with van der Waals surface area (Å²) in [5.41, 5.74) is 0. The maximum Gasteiger partial charge on any atom is 0.260 e. The van der Waals surface area contributed by atoms with Crippen molar-refractivity contribution in [2.45, 2.75) is 64.6 Å². The van der Waals surface area contributed by atoms with Gasteiger partial charge in [-0.2, -0.15) is 0 Å². The molecule has 6 nitrogen and oxygen atoms in total. The Morgan fingerprint density at radius 2 is 1.03 bits per heavy atom. The van der Waals surface area contributed by atoms with Gasteiger partial charge in [0.15, 0.2) is 12.2 Å². The molecule has 2 atom stereocenters. The fraction of sp³-hybridized carbons (Fsp3) is 0.462. The predicted octanol–water partition coefficient (Wildman–Crippen LogP) is 7.11. The molecule has 2 aromatic carbocycles. The molecule has 2 N–H and O–H groups in total. The van der Waals surface area contributed by atoms with Gasteiger partial charge in [0.25, 0.3) is 11.8 Å². The van der Waals surface area contributed by atoms with Crippen molar-refractivity contribution in [2.75, 3.05) is 13.1 Å². The third-order valence-electron chi connectivity index (χ3n) is 5.34. The molecule has 0 aliphatic rings. The van der Waals surface area contributed by atoms with Crippen molar-refractivity contribution in [1.82, 2.24) is 10.6 Å². The molecule has 0 aliphatic heterocycles. The third-order valence-corrected chi connectivity index (χ3v) is 6.40. The summed E-state index contributed by atoms with van der Waals surface area (Å²) in [5.74, 6) is 0.474. The zero-order valence-electron chi connectivity index (χ0n) is 20.4. The number of carbonyl (C=O) groups excluding carboxylic acids is 2. The number of unbranched alkanes of at least 4 members (excludes halogenated alkanes) is 5. The molecular formula is C26H32Cl4N2O4. The number of hydrogen-bond acceptors (Lipinski definition) is 4. The Bertz CT molecular complexity index is 926. The van der Waals surface area contributed by atoms with Gasteiger partial charge in [0.1, 0.15) is 11.5 Å². The van der Waals surface area contributed by atoms with Crippen LogP contribution in [0.1, 0.15) is 52.4 Å². The van der Waals surface area contributed by atoms with E-state index in [1.807, 2.05) is 0 Å². The van der Waals surface area contributed by atoms with E-state index in [1.165, 1.54) is 0 Å². The minimum absolute atomic E-state index is 0.187. The Balaban J connectivity index is 1.48. The molecule has 0 aliphatic carbocycles. The van der Waals surface area contributed by atoms with Crippen LogP contribution in [0.2, 0.25) is 20.1 Å². The first kappa shape index (κ1) is 30.4. The summed E-state index contributed by atoms with van der Waals surface area (Å²) in [5, 5.41) is 7.52. The van der Waals surface area contributed by atoms with Crippen LogP contribution in [0.3, 0.4) is 0 Å². The summed E-state index contributed by atoms with van der Waals surface area (Å²) in [4.78, 5) is 24.4. The van der Waals surface area contributed by atoms with Crippen molar-refractivity contribution in [2.24, 2.45) is 0 Å². The van der Waals surface area contributed by atoms with Gasteiger partial charge in [0.05, 0.1) is 10.0 Å². The predicted molar refractivity (Wildman–Crippen MR) is 147 cm³/mol. The van der Waals surface area contributed by atoms with E-state index in [4.69, 9.17) is 55.9 Å². The van der Waals surface area contributed by atoms with E-state index in [0.717, 1.165) is 38.5 Å². The highest BCUT2D eigenvalue weighted by atomic mass is 35.5. The van der Waals surface area contributed by atoms with Crippen LogP contribution in [0, 0.1) is 0 Å². The lowest BCUT2D eigenvalue weighted by Gasteiger charge is -2.16. The summed E-state index contributed by atoms with van der Waals surface area (Å²) in [6.45, 7) is 4.54. The maximum absolute atomic E-state index is 12.2. The van der Waals surface area contributed by atoms with Crippen LogP contribution in [-0.2, 0) is 9.59 Å². The molecule has 0 saturated heterocycles. The van der Waals surface area contributed by atoms with Gasteiger partial charge < -0.3 is 20.1 Å². The van der Waals surface area contributed by atoms with Crippen molar-refractivity contribution in [3.63, 3.8) is 0 Å². The Morgan fingerprint density at radius 1 is 0.667 bits per heavy atom. The van der Waals surface area contributed by atoms with Gasteiger partial charge >= 0.3 is 0 Å². The lowest BCUT2D eigenvalue weighted by molar-refractivity contribution is -0.127. The van der Waals surface area contributed by atoms with E-state index in [-0.39, 0.29) is 11.8 Å². The molecule has 0 fully saturated rings. The van der Waals surface area contributed by atoms with E-state index in [2.05, 4.69) is 10.6 Å². The number of carbonyl (C=O) groups is 2. The van der Waals surface area contributed by atoms with E-state index < -0.39 is 12.2 Å². The molecule has 2 amide bonds. The third kappa shape index (κ3) is 11.0. The molecule has 2 rings (SSSR count). The number of rotatable bonds is 15. The van der Waals surface area contributed by atoms with Gasteiger partial charge in [-0.1, -0.05) is 72.1 Å². The summed E-state index contributed by atoms with van der Waals surface area (Å²) in [6.07, 6.45) is 4.61. The summed E-state index contributed by atoms with van der Waals surface area (Å²) in [6, 6.07) is 9.76. The maximum atomic E-state index is 12.2. The fourth-order valence-corrected chi connectivity index (χ4v) is 4.20. The number of halogens is 4. The summed E-state index contributed by atoms with van der Waals surface area (Å²) < 4.78 is 11.2. The van der Waals surface area contributed by atoms with Crippen LogP contribution < -0.4 is 20.1 Å². The fourth-order valence-electron chi connectivity index (χ4n) is 3.30. The first-order chi connectivity index (χ1) is 17.2. The average molecular weight is 578 g/mol. The van der Waals surface area contributed by atoms with Crippen LogP contribution in [0.4, 0.5) is 0 Å². The average Bonchev–Trinajstić information content (AvgIpc) is 2.83. The normalized spacial score (nSPS) is 12.5. The summed E-state index contributed by atoms with van der Waals surface area (Å²) in [7, 11) is 0. The van der Waals surface area contributed by atoms with Gasteiger partial charge in [0.2, 0.25) is 0 Å². The molecular weight excluding hydrogens is 546 g/mol. The monoisotopic (exact) mass is 576 g/mol. The molecule has 0 radical (unpaired) electrons. The van der Waals surface area contributed by atoms with E-state index in [1.54, 1.807) is 50.2 Å². The molecule has 198 valence electrons. The molecule has 2 aromatic rings. The molecule has 0 spiro atoms. The highest BCUT2D eigenvalue weighted by molar-refractivity contribution is 6.36. The largest absolute Gasteiger partial charge is 0.479 e. The number of benzene rings is 2. The number of ether oxygens (including phenoxy) is 2. The Kier molecular flexibility index (Phi) is 13.6. The quantitative estimate of drug-likeness (QED) is 0.221. The van der Waals surface area contributed by atoms with Crippen LogP contribution in [0.25, 0.3) is 0 Å². The van der Waals surface area contributed by atoms with Gasteiger partial charge in [-0.05, 0) is 63.1 Å².